The number of hydrogen-bond donors (Lipinski definition) is 1. The van der Waals surface area contributed by atoms with Crippen LogP contribution in [0.25, 0.3) is 16.9 Å². The van der Waals surface area contributed by atoms with E-state index in [-0.39, 0.29) is 0 Å². The van der Waals surface area contributed by atoms with Crippen molar-refractivity contribution < 1.29 is 22.7 Å². The number of halogens is 3. The van der Waals surface area contributed by atoms with Gasteiger partial charge in [-0.3, -0.25) is 4.79 Å². The molecule has 0 radical (unpaired) electrons. The molecule has 0 spiro atoms. The second-order valence-corrected chi connectivity index (χ2v) is 7.96. The topological polar surface area (TPSA) is 81.9 Å². The van der Waals surface area contributed by atoms with Gasteiger partial charge in [-0.05, 0) is 36.8 Å². The fourth-order valence-electron chi connectivity index (χ4n) is 3.15. The zero-order valence-corrected chi connectivity index (χ0v) is 17.8. The molecule has 0 saturated heterocycles. The lowest BCUT2D eigenvalue weighted by atomic mass is 10.0. The molecule has 166 valence electrons. The Hall–Kier alpha value is -3.47. The molecule has 0 saturated carbocycles. The Labute approximate surface area is 184 Å². The van der Waals surface area contributed by atoms with Crippen LogP contribution in [0.4, 0.5) is 13.2 Å². The minimum atomic E-state index is -3.56. The van der Waals surface area contributed by atoms with Crippen LogP contribution in [-0.4, -0.2) is 37.8 Å². The fraction of sp³-hybridized carbons (Fsp3) is 0.238. The SMILES string of the molecule is C[C@H](NC(=O)C(C)(F)F)[C@H](Oc1ccc2c(c1)nnn2-c1cscn1)c1cccc(F)c1. The van der Waals surface area contributed by atoms with E-state index >= 15 is 0 Å². The third kappa shape index (κ3) is 4.57. The zero-order valence-electron chi connectivity index (χ0n) is 17.0. The lowest BCUT2D eigenvalue weighted by Crippen LogP contribution is -2.46. The van der Waals surface area contributed by atoms with Crippen molar-refractivity contribution in [3.63, 3.8) is 0 Å². The van der Waals surface area contributed by atoms with E-state index in [9.17, 15) is 18.0 Å². The highest BCUT2D eigenvalue weighted by molar-refractivity contribution is 7.07. The number of ether oxygens (including phenoxy) is 1. The number of thiazole rings is 1. The summed E-state index contributed by atoms with van der Waals surface area (Å²) in [7, 11) is 0. The number of alkyl halides is 2. The van der Waals surface area contributed by atoms with Crippen molar-refractivity contribution in [1.82, 2.24) is 25.3 Å². The average Bonchev–Trinajstić information content (AvgIpc) is 3.40. The van der Waals surface area contributed by atoms with E-state index in [1.165, 1.54) is 36.5 Å². The summed E-state index contributed by atoms with van der Waals surface area (Å²) in [4.78, 5) is 16.0. The van der Waals surface area contributed by atoms with Crippen LogP contribution >= 0.6 is 11.3 Å². The number of amides is 1. The first kappa shape index (κ1) is 21.8. The Morgan fingerprint density at radius 1 is 1.25 bits per heavy atom. The maximum absolute atomic E-state index is 13.8. The van der Waals surface area contributed by atoms with Gasteiger partial charge in [-0.1, -0.05) is 17.3 Å². The number of benzene rings is 2. The molecule has 0 aliphatic heterocycles. The van der Waals surface area contributed by atoms with Crippen LogP contribution < -0.4 is 10.1 Å². The van der Waals surface area contributed by atoms with Crippen LogP contribution in [-0.2, 0) is 4.79 Å². The molecule has 11 heteroatoms. The highest BCUT2D eigenvalue weighted by Gasteiger charge is 2.35. The van der Waals surface area contributed by atoms with E-state index in [2.05, 4.69) is 20.6 Å². The summed E-state index contributed by atoms with van der Waals surface area (Å²) >= 11 is 1.42. The fourth-order valence-corrected chi connectivity index (χ4v) is 3.67. The lowest BCUT2D eigenvalue weighted by molar-refractivity contribution is -0.144. The minimum Gasteiger partial charge on any atom is -0.484 e. The van der Waals surface area contributed by atoms with Crippen molar-refractivity contribution in [3.05, 3.63) is 64.7 Å². The van der Waals surface area contributed by atoms with Crippen LogP contribution in [0.5, 0.6) is 5.75 Å². The van der Waals surface area contributed by atoms with Gasteiger partial charge in [-0.25, -0.2) is 9.37 Å². The number of aromatic nitrogens is 4. The molecule has 1 amide bonds. The van der Waals surface area contributed by atoms with E-state index in [1.807, 2.05) is 5.38 Å². The number of nitrogens with one attached hydrogen (secondary N) is 1. The predicted octanol–water partition coefficient (Wildman–Crippen LogP) is 4.30. The van der Waals surface area contributed by atoms with E-state index < -0.39 is 29.8 Å². The summed E-state index contributed by atoms with van der Waals surface area (Å²) in [6.45, 7) is 2.02. The standard InChI is InChI=1S/C21H18F3N5O2S/c1-12(26-20(30)21(2,23)24)19(13-4-3-5-14(22)8-13)31-15-6-7-17-16(9-15)27-28-29(17)18-10-32-11-25-18/h3-12,19H,1-2H3,(H,26,30)/t12-,19-/m0/s1. The monoisotopic (exact) mass is 461 g/mol. The van der Waals surface area contributed by atoms with Gasteiger partial charge < -0.3 is 10.1 Å². The van der Waals surface area contributed by atoms with Crippen LogP contribution in [0.3, 0.4) is 0 Å². The lowest BCUT2D eigenvalue weighted by Gasteiger charge is -2.27. The van der Waals surface area contributed by atoms with Gasteiger partial charge in [0.1, 0.15) is 23.2 Å². The summed E-state index contributed by atoms with van der Waals surface area (Å²) in [6, 6.07) is 9.68. The normalized spacial score (nSPS) is 13.7. The summed E-state index contributed by atoms with van der Waals surface area (Å²) in [5, 5.41) is 12.3. The third-order valence-electron chi connectivity index (χ3n) is 4.71. The summed E-state index contributed by atoms with van der Waals surface area (Å²) < 4.78 is 48.2. The summed E-state index contributed by atoms with van der Waals surface area (Å²) in [5.41, 5.74) is 3.27. The number of hydrogen-bond acceptors (Lipinski definition) is 6. The second-order valence-electron chi connectivity index (χ2n) is 7.24. The average molecular weight is 461 g/mol. The first-order chi connectivity index (χ1) is 15.2. The van der Waals surface area contributed by atoms with Gasteiger partial charge in [0.05, 0.1) is 17.1 Å². The van der Waals surface area contributed by atoms with Crippen LogP contribution in [0, 0.1) is 5.82 Å². The molecule has 32 heavy (non-hydrogen) atoms. The molecular formula is C21H18F3N5O2S. The van der Waals surface area contributed by atoms with Gasteiger partial charge >= 0.3 is 5.92 Å². The zero-order chi connectivity index (χ0) is 22.9. The quantitative estimate of drug-likeness (QED) is 0.444. The molecule has 4 rings (SSSR count). The van der Waals surface area contributed by atoms with Crippen molar-refractivity contribution in [1.29, 1.82) is 0 Å². The maximum Gasteiger partial charge on any atom is 0.321 e. The molecule has 2 heterocycles. The van der Waals surface area contributed by atoms with Crippen LogP contribution in [0.15, 0.2) is 53.4 Å². The summed E-state index contributed by atoms with van der Waals surface area (Å²) in [6.07, 6.45) is -0.942. The first-order valence-electron chi connectivity index (χ1n) is 9.57. The predicted molar refractivity (Wildman–Crippen MR) is 113 cm³/mol. The summed E-state index contributed by atoms with van der Waals surface area (Å²) in [5.74, 6) is -4.55. The molecule has 0 fully saturated rings. The first-order valence-corrected chi connectivity index (χ1v) is 10.5. The van der Waals surface area contributed by atoms with Crippen molar-refractivity contribution >= 4 is 28.3 Å². The second kappa shape index (κ2) is 8.58. The van der Waals surface area contributed by atoms with Gasteiger partial charge in [-0.2, -0.15) is 13.5 Å². The van der Waals surface area contributed by atoms with Crippen LogP contribution in [0.1, 0.15) is 25.5 Å². The Balaban J connectivity index is 1.64. The molecule has 0 aliphatic carbocycles. The Kier molecular flexibility index (Phi) is 5.83. The third-order valence-corrected chi connectivity index (χ3v) is 5.28. The highest BCUT2D eigenvalue weighted by Crippen LogP contribution is 2.29. The van der Waals surface area contributed by atoms with E-state index in [0.29, 0.717) is 35.1 Å². The minimum absolute atomic E-state index is 0.349. The number of fused-ring (bicyclic) bond motifs is 1. The number of rotatable bonds is 7. The van der Waals surface area contributed by atoms with Crippen molar-refractivity contribution in [2.24, 2.45) is 0 Å². The van der Waals surface area contributed by atoms with Gasteiger partial charge in [0, 0.05) is 18.4 Å². The molecule has 0 bridgehead atoms. The van der Waals surface area contributed by atoms with Crippen molar-refractivity contribution in [3.8, 4) is 11.6 Å². The molecule has 0 unspecified atom stereocenters. The van der Waals surface area contributed by atoms with E-state index in [0.717, 1.165) is 0 Å². The highest BCUT2D eigenvalue weighted by atomic mass is 32.1. The molecule has 4 aromatic rings. The van der Waals surface area contributed by atoms with Gasteiger partial charge in [-0.15, -0.1) is 16.4 Å². The van der Waals surface area contributed by atoms with Gasteiger partial charge in [0.15, 0.2) is 5.82 Å². The van der Waals surface area contributed by atoms with Crippen molar-refractivity contribution in [2.45, 2.75) is 31.9 Å². The molecule has 1 N–H and O–H groups in total. The Morgan fingerprint density at radius 2 is 2.06 bits per heavy atom. The van der Waals surface area contributed by atoms with E-state index in [1.54, 1.807) is 34.5 Å². The van der Waals surface area contributed by atoms with Crippen molar-refractivity contribution in [2.75, 3.05) is 0 Å². The molecule has 2 aromatic carbocycles. The molecule has 2 aromatic heterocycles. The molecule has 2 atom stereocenters. The smallest absolute Gasteiger partial charge is 0.321 e. The number of carbonyl (C=O) groups excluding carboxylic acids is 1. The Morgan fingerprint density at radius 3 is 2.75 bits per heavy atom. The van der Waals surface area contributed by atoms with E-state index in [4.69, 9.17) is 4.74 Å². The molecule has 7 nitrogen and oxygen atoms in total. The molecular weight excluding hydrogens is 443 g/mol. The number of carbonyl (C=O) groups is 1. The van der Waals surface area contributed by atoms with Crippen LogP contribution in [0.2, 0.25) is 0 Å². The molecule has 0 aliphatic rings. The maximum atomic E-state index is 13.8. The van der Waals surface area contributed by atoms with Gasteiger partial charge in [0.25, 0.3) is 5.91 Å². The number of nitrogens with zero attached hydrogens (tertiary/aromatic N) is 4. The largest absolute Gasteiger partial charge is 0.484 e. The Bertz CT molecular complexity index is 1240. The van der Waals surface area contributed by atoms with Gasteiger partial charge in [0.2, 0.25) is 0 Å².